The van der Waals surface area contributed by atoms with Crippen molar-refractivity contribution in [3.8, 4) is 0 Å². The van der Waals surface area contributed by atoms with Crippen LogP contribution in [0.15, 0.2) is 24.3 Å². The number of halogens is 1. The van der Waals surface area contributed by atoms with Crippen LogP contribution in [0, 0.1) is 0 Å². The first-order chi connectivity index (χ1) is 10.0. The van der Waals surface area contributed by atoms with Gasteiger partial charge in [0.1, 0.15) is 6.04 Å². The van der Waals surface area contributed by atoms with Crippen molar-refractivity contribution < 1.29 is 24.7 Å². The summed E-state index contributed by atoms with van der Waals surface area (Å²) in [6.07, 6.45) is 0.521. The summed E-state index contributed by atoms with van der Waals surface area (Å²) in [5.41, 5.74) is 0.459. The molecule has 0 bridgehead atoms. The first-order valence-electron chi connectivity index (χ1n) is 6.62. The number of carboxylic acid groups (broad SMARTS) is 1. The fourth-order valence-electron chi connectivity index (χ4n) is 1.77. The van der Waals surface area contributed by atoms with Crippen LogP contribution in [0.2, 0.25) is 5.02 Å². The van der Waals surface area contributed by atoms with Gasteiger partial charge in [-0.3, -0.25) is 4.79 Å². The first kappa shape index (κ1) is 17.4. The smallest absolute Gasteiger partial charge is 0.230 e. The molecule has 1 aromatic carbocycles. The number of rotatable bonds is 9. The maximum Gasteiger partial charge on any atom is 0.230 e. The minimum atomic E-state index is -1.26. The SMILES string of the molecule is COCCC[NH2+][C@H](CC(=O)Nc1ccccc1Cl)C(=O)[O-]. The molecule has 0 unspecified atom stereocenters. The monoisotopic (exact) mass is 314 g/mol. The van der Waals surface area contributed by atoms with E-state index in [4.69, 9.17) is 16.3 Å². The lowest BCUT2D eigenvalue weighted by Crippen LogP contribution is -2.93. The minimum absolute atomic E-state index is 0.180. The molecule has 6 nitrogen and oxygen atoms in total. The molecule has 0 heterocycles. The van der Waals surface area contributed by atoms with E-state index in [0.717, 1.165) is 0 Å². The number of anilines is 1. The van der Waals surface area contributed by atoms with Gasteiger partial charge < -0.3 is 25.3 Å². The number of carbonyl (C=O) groups is 2. The van der Waals surface area contributed by atoms with Crippen molar-refractivity contribution in [1.82, 2.24) is 0 Å². The zero-order valence-electron chi connectivity index (χ0n) is 11.8. The van der Waals surface area contributed by atoms with Crippen molar-refractivity contribution in [1.29, 1.82) is 0 Å². The molecule has 7 heteroatoms. The molecular weight excluding hydrogens is 296 g/mol. The molecule has 1 atom stereocenters. The van der Waals surface area contributed by atoms with E-state index in [2.05, 4.69) is 5.32 Å². The quantitative estimate of drug-likeness (QED) is 0.594. The van der Waals surface area contributed by atoms with Crippen LogP contribution >= 0.6 is 11.6 Å². The van der Waals surface area contributed by atoms with Crippen LogP contribution in [0.5, 0.6) is 0 Å². The molecule has 1 rings (SSSR count). The molecule has 0 spiro atoms. The highest BCUT2D eigenvalue weighted by atomic mass is 35.5. The average Bonchev–Trinajstić information content (AvgIpc) is 2.44. The highest BCUT2D eigenvalue weighted by Crippen LogP contribution is 2.20. The normalized spacial score (nSPS) is 11.9. The number of carboxylic acids is 1. The van der Waals surface area contributed by atoms with E-state index in [0.29, 0.717) is 30.3 Å². The summed E-state index contributed by atoms with van der Waals surface area (Å²) in [5, 5.41) is 15.6. The molecule has 1 amide bonds. The Hall–Kier alpha value is -1.63. The lowest BCUT2D eigenvalue weighted by Gasteiger charge is -2.16. The molecule has 0 fully saturated rings. The molecule has 0 radical (unpaired) electrons. The Bertz CT molecular complexity index is 482. The van der Waals surface area contributed by atoms with E-state index in [1.54, 1.807) is 36.7 Å². The molecule has 116 valence electrons. The van der Waals surface area contributed by atoms with Gasteiger partial charge in [-0.1, -0.05) is 23.7 Å². The second-order valence-corrected chi connectivity index (χ2v) is 4.94. The number of nitrogens with one attached hydrogen (secondary N) is 1. The van der Waals surface area contributed by atoms with Gasteiger partial charge in [0.2, 0.25) is 5.91 Å². The van der Waals surface area contributed by atoms with Gasteiger partial charge >= 0.3 is 0 Å². The van der Waals surface area contributed by atoms with E-state index in [-0.39, 0.29) is 6.42 Å². The highest BCUT2D eigenvalue weighted by molar-refractivity contribution is 6.33. The fraction of sp³-hybridized carbons (Fsp3) is 0.429. The fourth-order valence-corrected chi connectivity index (χ4v) is 1.96. The third-order valence-corrected chi connectivity index (χ3v) is 3.19. The summed E-state index contributed by atoms with van der Waals surface area (Å²) < 4.78 is 4.88. The molecule has 0 saturated heterocycles. The number of amides is 1. The second-order valence-electron chi connectivity index (χ2n) is 4.53. The molecule has 1 aromatic rings. The largest absolute Gasteiger partial charge is 0.544 e. The van der Waals surface area contributed by atoms with E-state index >= 15 is 0 Å². The Labute approximate surface area is 128 Å². The number of methoxy groups -OCH3 is 1. The van der Waals surface area contributed by atoms with Crippen LogP contribution in [0.1, 0.15) is 12.8 Å². The Morgan fingerprint density at radius 1 is 1.43 bits per heavy atom. The minimum Gasteiger partial charge on any atom is -0.544 e. The highest BCUT2D eigenvalue weighted by Gasteiger charge is 2.18. The summed E-state index contributed by atoms with van der Waals surface area (Å²) in [6, 6.07) is 5.84. The maximum atomic E-state index is 11.9. The van der Waals surface area contributed by atoms with Crippen molar-refractivity contribution in [2.24, 2.45) is 0 Å². The number of para-hydroxylation sites is 1. The summed E-state index contributed by atoms with van der Waals surface area (Å²) >= 11 is 5.92. The first-order valence-corrected chi connectivity index (χ1v) is 7.00. The van der Waals surface area contributed by atoms with Crippen LogP contribution in [0.25, 0.3) is 0 Å². The van der Waals surface area contributed by atoms with E-state index in [1.807, 2.05) is 0 Å². The predicted octanol–water partition coefficient (Wildman–Crippen LogP) is -0.613. The van der Waals surface area contributed by atoms with E-state index in [9.17, 15) is 14.7 Å². The Balaban J connectivity index is 2.49. The van der Waals surface area contributed by atoms with Gasteiger partial charge in [-0.2, -0.15) is 0 Å². The molecule has 3 N–H and O–H groups in total. The van der Waals surface area contributed by atoms with Gasteiger partial charge in [0, 0.05) is 13.5 Å². The van der Waals surface area contributed by atoms with E-state index < -0.39 is 17.9 Å². The topological polar surface area (TPSA) is 95.1 Å². The van der Waals surface area contributed by atoms with Crippen molar-refractivity contribution in [3.05, 3.63) is 29.3 Å². The number of quaternary nitrogens is 1. The van der Waals surface area contributed by atoms with Crippen molar-refractivity contribution >= 4 is 29.2 Å². The van der Waals surface area contributed by atoms with Gasteiger partial charge in [0.25, 0.3) is 0 Å². The van der Waals surface area contributed by atoms with Crippen molar-refractivity contribution in [2.45, 2.75) is 18.9 Å². The Morgan fingerprint density at radius 3 is 2.76 bits per heavy atom. The van der Waals surface area contributed by atoms with Crippen molar-refractivity contribution in [3.63, 3.8) is 0 Å². The molecule has 0 aliphatic heterocycles. The maximum absolute atomic E-state index is 11.9. The average molecular weight is 315 g/mol. The molecule has 21 heavy (non-hydrogen) atoms. The number of carbonyl (C=O) groups excluding carboxylic acids is 2. The summed E-state index contributed by atoms with van der Waals surface area (Å²) in [4.78, 5) is 22.9. The summed E-state index contributed by atoms with van der Waals surface area (Å²) in [7, 11) is 1.58. The Kier molecular flexibility index (Phi) is 7.74. The van der Waals surface area contributed by atoms with Gasteiger partial charge in [-0.15, -0.1) is 0 Å². The third kappa shape index (κ3) is 6.57. The van der Waals surface area contributed by atoms with Crippen LogP contribution in [0.4, 0.5) is 5.69 Å². The molecule has 0 aliphatic rings. The molecule has 0 saturated carbocycles. The predicted molar refractivity (Wildman–Crippen MR) is 76.8 cm³/mol. The van der Waals surface area contributed by atoms with Crippen molar-refractivity contribution in [2.75, 3.05) is 25.6 Å². The molecule has 0 aromatic heterocycles. The van der Waals surface area contributed by atoms with Crippen LogP contribution in [0.3, 0.4) is 0 Å². The molecular formula is C14H19ClN2O4. The van der Waals surface area contributed by atoms with Gasteiger partial charge in [-0.05, 0) is 12.1 Å². The number of hydrogen-bond acceptors (Lipinski definition) is 4. The number of aliphatic carboxylic acids is 1. The second kappa shape index (κ2) is 9.33. The van der Waals surface area contributed by atoms with Crippen LogP contribution in [-0.4, -0.2) is 38.2 Å². The lowest BCUT2D eigenvalue weighted by atomic mass is 10.2. The number of hydrogen-bond donors (Lipinski definition) is 2. The number of ether oxygens (including phenoxy) is 1. The molecule has 0 aliphatic carbocycles. The summed E-state index contributed by atoms with van der Waals surface area (Å²) in [6.45, 7) is 1.09. The van der Waals surface area contributed by atoms with Gasteiger partial charge in [0.15, 0.2) is 0 Å². The zero-order valence-corrected chi connectivity index (χ0v) is 12.6. The number of nitrogens with two attached hydrogens (primary N) is 1. The van der Waals surface area contributed by atoms with Gasteiger partial charge in [0.05, 0.1) is 36.3 Å². The Morgan fingerprint density at radius 2 is 2.14 bits per heavy atom. The standard InChI is InChI=1S/C14H19ClN2O4/c1-21-8-4-7-16-12(14(19)20)9-13(18)17-11-6-3-2-5-10(11)15/h2-3,5-6,12,16H,4,7-9H2,1H3,(H,17,18)(H,19,20)/t12-/m1/s1. The summed E-state index contributed by atoms with van der Waals surface area (Å²) in [5.74, 6) is -1.68. The van der Waals surface area contributed by atoms with Crippen LogP contribution in [-0.2, 0) is 14.3 Å². The van der Waals surface area contributed by atoms with E-state index in [1.165, 1.54) is 0 Å². The number of benzene rings is 1. The lowest BCUT2D eigenvalue weighted by molar-refractivity contribution is -0.682. The van der Waals surface area contributed by atoms with Gasteiger partial charge in [-0.25, -0.2) is 0 Å². The van der Waals surface area contributed by atoms with Crippen LogP contribution < -0.4 is 15.7 Å². The third-order valence-electron chi connectivity index (χ3n) is 2.86. The zero-order chi connectivity index (χ0) is 15.7.